The molecule has 0 unspecified atom stereocenters. The number of benzene rings is 2. The van der Waals surface area contributed by atoms with Crippen LogP contribution >= 0.6 is 11.8 Å². The van der Waals surface area contributed by atoms with Gasteiger partial charge in [-0.1, -0.05) is 23.9 Å². The van der Waals surface area contributed by atoms with Crippen LogP contribution in [-0.4, -0.2) is 35.4 Å². The summed E-state index contributed by atoms with van der Waals surface area (Å²) in [4.78, 5) is 16.2. The first-order valence-corrected chi connectivity index (χ1v) is 8.17. The van der Waals surface area contributed by atoms with Crippen LogP contribution in [0.2, 0.25) is 0 Å². The van der Waals surface area contributed by atoms with Crippen molar-refractivity contribution in [1.82, 2.24) is 14.9 Å². The molecule has 1 heterocycles. The van der Waals surface area contributed by atoms with Gasteiger partial charge in [-0.3, -0.25) is 9.36 Å². The molecule has 0 aliphatic heterocycles. The summed E-state index contributed by atoms with van der Waals surface area (Å²) in [5.74, 6) is 1.11. The van der Waals surface area contributed by atoms with Crippen molar-refractivity contribution >= 4 is 28.7 Å². The van der Waals surface area contributed by atoms with Gasteiger partial charge in [-0.05, 0) is 36.4 Å². The maximum Gasteiger partial charge on any atom is 0.230 e. The highest BCUT2D eigenvalue weighted by atomic mass is 32.2. The number of ether oxygens (including phenoxy) is 1. The molecule has 0 spiro atoms. The number of imidazole rings is 1. The molecule has 23 heavy (non-hydrogen) atoms. The smallest absolute Gasteiger partial charge is 0.230 e. The Labute approximate surface area is 138 Å². The first-order valence-electron chi connectivity index (χ1n) is 7.18. The number of thioether (sulfide) groups is 1. The minimum absolute atomic E-state index is 0.0247. The number of para-hydroxylation sites is 2. The number of hydrogen-bond donors (Lipinski definition) is 1. The van der Waals surface area contributed by atoms with Crippen molar-refractivity contribution in [2.75, 3.05) is 19.9 Å². The number of nitrogens with one attached hydrogen (secondary N) is 1. The van der Waals surface area contributed by atoms with E-state index in [0.717, 1.165) is 27.6 Å². The summed E-state index contributed by atoms with van der Waals surface area (Å²) < 4.78 is 7.27. The topological polar surface area (TPSA) is 56.2 Å². The number of fused-ring (bicyclic) bond motifs is 1. The van der Waals surface area contributed by atoms with Gasteiger partial charge in [0.15, 0.2) is 5.16 Å². The summed E-state index contributed by atoms with van der Waals surface area (Å²) in [6, 6.07) is 15.7. The van der Waals surface area contributed by atoms with E-state index in [4.69, 9.17) is 4.74 Å². The lowest BCUT2D eigenvalue weighted by Crippen LogP contribution is -2.20. The summed E-state index contributed by atoms with van der Waals surface area (Å²) in [6.07, 6.45) is 0. The third-order valence-electron chi connectivity index (χ3n) is 3.47. The second-order valence-corrected chi connectivity index (χ2v) is 5.82. The molecule has 1 N–H and O–H groups in total. The second kappa shape index (κ2) is 6.75. The van der Waals surface area contributed by atoms with E-state index in [0.29, 0.717) is 5.75 Å². The molecule has 0 aliphatic carbocycles. The van der Waals surface area contributed by atoms with Crippen LogP contribution < -0.4 is 10.1 Å². The van der Waals surface area contributed by atoms with Crippen molar-refractivity contribution in [1.29, 1.82) is 0 Å². The Hall–Kier alpha value is -2.47. The van der Waals surface area contributed by atoms with Gasteiger partial charge in [0.25, 0.3) is 0 Å². The van der Waals surface area contributed by atoms with Crippen molar-refractivity contribution < 1.29 is 9.53 Å². The van der Waals surface area contributed by atoms with E-state index in [9.17, 15) is 4.79 Å². The highest BCUT2D eigenvalue weighted by Crippen LogP contribution is 2.28. The fourth-order valence-corrected chi connectivity index (χ4v) is 3.18. The van der Waals surface area contributed by atoms with Crippen LogP contribution in [0.15, 0.2) is 53.7 Å². The van der Waals surface area contributed by atoms with E-state index in [-0.39, 0.29) is 5.91 Å². The minimum atomic E-state index is -0.0247. The fourth-order valence-electron chi connectivity index (χ4n) is 2.28. The van der Waals surface area contributed by atoms with Gasteiger partial charge in [0.05, 0.1) is 23.9 Å². The van der Waals surface area contributed by atoms with Crippen LogP contribution in [-0.2, 0) is 4.79 Å². The number of carbonyl (C=O) groups excluding carboxylic acids is 1. The van der Waals surface area contributed by atoms with E-state index in [1.54, 1.807) is 14.2 Å². The molecule has 5 nitrogen and oxygen atoms in total. The molecule has 3 rings (SSSR count). The quantitative estimate of drug-likeness (QED) is 0.732. The number of methoxy groups -OCH3 is 1. The lowest BCUT2D eigenvalue weighted by molar-refractivity contribution is -0.118. The molecular formula is C17H17N3O2S. The third-order valence-corrected chi connectivity index (χ3v) is 4.41. The maximum atomic E-state index is 11.5. The first kappa shape index (κ1) is 15.4. The molecule has 0 radical (unpaired) electrons. The molecule has 0 aliphatic rings. The average molecular weight is 327 g/mol. The van der Waals surface area contributed by atoms with Gasteiger partial charge < -0.3 is 10.1 Å². The highest BCUT2D eigenvalue weighted by molar-refractivity contribution is 7.99. The van der Waals surface area contributed by atoms with Crippen molar-refractivity contribution in [2.45, 2.75) is 5.16 Å². The van der Waals surface area contributed by atoms with Crippen LogP contribution in [0.1, 0.15) is 0 Å². The summed E-state index contributed by atoms with van der Waals surface area (Å²) in [5, 5.41) is 3.42. The highest BCUT2D eigenvalue weighted by Gasteiger charge is 2.14. The Morgan fingerprint density at radius 1 is 1.22 bits per heavy atom. The molecule has 6 heteroatoms. The first-order chi connectivity index (χ1) is 11.2. The van der Waals surface area contributed by atoms with Crippen LogP contribution in [0.25, 0.3) is 16.7 Å². The molecule has 0 bridgehead atoms. The van der Waals surface area contributed by atoms with Crippen LogP contribution in [0.3, 0.4) is 0 Å². The number of aromatic nitrogens is 2. The number of hydrogen-bond acceptors (Lipinski definition) is 4. The molecule has 1 aromatic heterocycles. The Morgan fingerprint density at radius 3 is 2.65 bits per heavy atom. The second-order valence-electron chi connectivity index (χ2n) is 4.88. The molecule has 1 amide bonds. The summed E-state index contributed by atoms with van der Waals surface area (Å²) in [5.41, 5.74) is 2.90. The van der Waals surface area contributed by atoms with E-state index in [2.05, 4.69) is 14.9 Å². The Balaban J connectivity index is 2.06. The van der Waals surface area contributed by atoms with Gasteiger partial charge in [0.2, 0.25) is 5.91 Å². The van der Waals surface area contributed by atoms with Crippen molar-refractivity contribution in [2.24, 2.45) is 0 Å². The fraction of sp³-hybridized carbons (Fsp3) is 0.176. The van der Waals surface area contributed by atoms with Gasteiger partial charge in [-0.25, -0.2) is 4.98 Å². The Bertz CT molecular complexity index is 827. The SMILES string of the molecule is CNC(=O)CSc1nc2ccccc2n1-c1ccc(OC)cc1. The Morgan fingerprint density at radius 2 is 1.96 bits per heavy atom. The lowest BCUT2D eigenvalue weighted by Gasteiger charge is -2.09. The zero-order chi connectivity index (χ0) is 16.2. The van der Waals surface area contributed by atoms with Crippen molar-refractivity contribution in [3.8, 4) is 11.4 Å². The predicted molar refractivity (Wildman–Crippen MR) is 92.4 cm³/mol. The van der Waals surface area contributed by atoms with Gasteiger partial charge in [0.1, 0.15) is 5.75 Å². The molecule has 0 atom stereocenters. The average Bonchev–Trinajstić information content (AvgIpc) is 2.98. The molecule has 0 saturated carbocycles. The number of carbonyl (C=O) groups is 1. The monoisotopic (exact) mass is 327 g/mol. The minimum Gasteiger partial charge on any atom is -0.497 e. The summed E-state index contributed by atoms with van der Waals surface area (Å²) >= 11 is 1.42. The van der Waals surface area contributed by atoms with Crippen molar-refractivity contribution in [3.05, 3.63) is 48.5 Å². The zero-order valence-electron chi connectivity index (χ0n) is 12.9. The molecule has 2 aromatic carbocycles. The molecule has 118 valence electrons. The molecule has 0 fully saturated rings. The molecule has 3 aromatic rings. The number of nitrogens with zero attached hydrogens (tertiary/aromatic N) is 2. The summed E-state index contributed by atoms with van der Waals surface area (Å²) in [7, 11) is 3.28. The number of rotatable bonds is 5. The largest absolute Gasteiger partial charge is 0.497 e. The lowest BCUT2D eigenvalue weighted by atomic mass is 10.2. The molecular weight excluding hydrogens is 310 g/mol. The van der Waals surface area contributed by atoms with Crippen LogP contribution in [0.5, 0.6) is 5.75 Å². The third kappa shape index (κ3) is 3.17. The van der Waals surface area contributed by atoms with E-state index in [1.165, 1.54) is 11.8 Å². The molecule has 0 saturated heterocycles. The van der Waals surface area contributed by atoms with Crippen LogP contribution in [0.4, 0.5) is 0 Å². The van der Waals surface area contributed by atoms with Gasteiger partial charge >= 0.3 is 0 Å². The van der Waals surface area contributed by atoms with E-state index >= 15 is 0 Å². The zero-order valence-corrected chi connectivity index (χ0v) is 13.8. The summed E-state index contributed by atoms with van der Waals surface area (Å²) in [6.45, 7) is 0. The maximum absolute atomic E-state index is 11.5. The van der Waals surface area contributed by atoms with Gasteiger partial charge in [0, 0.05) is 12.7 Å². The predicted octanol–water partition coefficient (Wildman–Crippen LogP) is 2.87. The number of amides is 1. The standard InChI is InChI=1S/C17H17N3O2S/c1-18-16(21)11-23-17-19-14-5-3-4-6-15(14)20(17)12-7-9-13(22-2)10-8-12/h3-10H,11H2,1-2H3,(H,18,21). The Kier molecular flexibility index (Phi) is 4.52. The van der Waals surface area contributed by atoms with Crippen LogP contribution in [0, 0.1) is 0 Å². The van der Waals surface area contributed by atoms with Gasteiger partial charge in [-0.2, -0.15) is 0 Å². The normalized spacial score (nSPS) is 10.7. The van der Waals surface area contributed by atoms with Crippen molar-refractivity contribution in [3.63, 3.8) is 0 Å². The van der Waals surface area contributed by atoms with E-state index < -0.39 is 0 Å². The van der Waals surface area contributed by atoms with Gasteiger partial charge in [-0.15, -0.1) is 0 Å². The van der Waals surface area contributed by atoms with E-state index in [1.807, 2.05) is 48.5 Å².